The van der Waals surface area contributed by atoms with Crippen molar-refractivity contribution in [2.45, 2.75) is 82.0 Å². The third kappa shape index (κ3) is 11.5. The van der Waals surface area contributed by atoms with Gasteiger partial charge in [-0.3, -0.25) is 19.6 Å². The van der Waals surface area contributed by atoms with Crippen molar-refractivity contribution in [2.24, 2.45) is 0 Å². The maximum atomic E-state index is 12.5. The van der Waals surface area contributed by atoms with Gasteiger partial charge in [0.05, 0.1) is 18.8 Å². The van der Waals surface area contributed by atoms with Gasteiger partial charge in [-0.15, -0.1) is 11.8 Å². The number of hydrogen-bond donors (Lipinski definition) is 5. The highest BCUT2D eigenvalue weighted by atomic mass is 32.2. The Bertz CT molecular complexity index is 1730. The Morgan fingerprint density at radius 2 is 1.49 bits per heavy atom. The van der Waals surface area contributed by atoms with Gasteiger partial charge in [-0.05, 0) is 64.9 Å². The Labute approximate surface area is 302 Å². The molecule has 1 fully saturated rings. The fraction of sp³-hybridized carbons (Fsp3) is 0.325. The minimum absolute atomic E-state index is 0.0194. The molecule has 0 radical (unpaired) electrons. The summed E-state index contributed by atoms with van der Waals surface area (Å²) >= 11 is 1.69. The Morgan fingerprint density at radius 3 is 2.18 bits per heavy atom. The van der Waals surface area contributed by atoms with E-state index >= 15 is 0 Å². The monoisotopic (exact) mass is 711 g/mol. The highest BCUT2D eigenvalue weighted by Gasteiger charge is 2.32. The molecule has 3 atom stereocenters. The minimum atomic E-state index is -0.587. The summed E-state index contributed by atoms with van der Waals surface area (Å²) < 4.78 is 13.1. The second-order valence-corrected chi connectivity index (χ2v) is 13.6. The maximum absolute atomic E-state index is 12.5. The summed E-state index contributed by atoms with van der Waals surface area (Å²) in [7, 11) is 0. The van der Waals surface area contributed by atoms with E-state index in [1.165, 1.54) is 6.92 Å². The Hall–Kier alpha value is -4.52. The van der Waals surface area contributed by atoms with E-state index in [1.807, 2.05) is 97.1 Å². The highest BCUT2D eigenvalue weighted by Crippen LogP contribution is 2.40. The van der Waals surface area contributed by atoms with Gasteiger partial charge in [0.2, 0.25) is 17.7 Å². The predicted octanol–water partition coefficient (Wildman–Crippen LogP) is 7.21. The Morgan fingerprint density at radius 1 is 0.804 bits per heavy atom. The van der Waals surface area contributed by atoms with Crippen LogP contribution in [0.3, 0.4) is 0 Å². The summed E-state index contributed by atoms with van der Waals surface area (Å²) in [6.07, 6.45) is 2.40. The van der Waals surface area contributed by atoms with E-state index in [9.17, 15) is 19.5 Å². The topological polar surface area (TPSA) is 146 Å². The van der Waals surface area contributed by atoms with Crippen LogP contribution >= 0.6 is 11.8 Å². The minimum Gasteiger partial charge on any atom is -0.392 e. The number of anilines is 1. The number of thioether (sulfide) groups is 1. The molecule has 4 aromatic carbocycles. The SMILES string of the molecule is CC(=O)Nc1ccc(SC[C@H]2C[C@@H](c3ccc(CO)cc3)O[C@@H](c3ccc(-c4ccccc4CNC(=O)CCCCCC(=O)NO)cc3)O2)cc1. The first-order valence-corrected chi connectivity index (χ1v) is 18.2. The molecule has 1 aliphatic rings. The van der Waals surface area contributed by atoms with Gasteiger partial charge in [-0.1, -0.05) is 79.2 Å². The van der Waals surface area contributed by atoms with Gasteiger partial charge in [0.1, 0.15) is 0 Å². The molecule has 5 rings (SSSR count). The van der Waals surface area contributed by atoms with E-state index in [-0.39, 0.29) is 37.0 Å². The van der Waals surface area contributed by atoms with Crippen molar-refractivity contribution in [3.63, 3.8) is 0 Å². The number of benzene rings is 4. The second-order valence-electron chi connectivity index (χ2n) is 12.5. The third-order valence-electron chi connectivity index (χ3n) is 8.65. The largest absolute Gasteiger partial charge is 0.392 e. The summed E-state index contributed by atoms with van der Waals surface area (Å²) in [5, 5.41) is 24.0. The van der Waals surface area contributed by atoms with E-state index in [4.69, 9.17) is 14.7 Å². The average molecular weight is 712 g/mol. The molecule has 1 saturated heterocycles. The molecule has 0 saturated carbocycles. The number of hydrogen-bond acceptors (Lipinski definition) is 8. The lowest BCUT2D eigenvalue weighted by molar-refractivity contribution is -0.245. The van der Waals surface area contributed by atoms with Crippen LogP contribution in [0, 0.1) is 0 Å². The van der Waals surface area contributed by atoms with Gasteiger partial charge >= 0.3 is 0 Å². The van der Waals surface area contributed by atoms with Crippen LogP contribution in [-0.2, 0) is 37.0 Å². The number of unbranched alkanes of at least 4 members (excludes halogenated alkanes) is 2. The highest BCUT2D eigenvalue weighted by molar-refractivity contribution is 7.99. The van der Waals surface area contributed by atoms with E-state index < -0.39 is 12.2 Å². The smallest absolute Gasteiger partial charge is 0.243 e. The molecule has 4 aromatic rings. The first-order valence-electron chi connectivity index (χ1n) is 17.2. The van der Waals surface area contributed by atoms with Gasteiger partial charge in [-0.25, -0.2) is 5.48 Å². The molecule has 11 heteroatoms. The molecule has 3 amide bonds. The lowest BCUT2D eigenvalue weighted by Gasteiger charge is -2.36. The van der Waals surface area contributed by atoms with Crippen LogP contribution in [-0.4, -0.2) is 39.9 Å². The summed E-state index contributed by atoms with van der Waals surface area (Å²) in [6.45, 7) is 1.86. The fourth-order valence-corrected chi connectivity index (χ4v) is 6.83. The first kappa shape index (κ1) is 37.7. The first-order chi connectivity index (χ1) is 24.8. The lowest BCUT2D eigenvalue weighted by atomic mass is 9.97. The van der Waals surface area contributed by atoms with Crippen molar-refractivity contribution in [1.29, 1.82) is 0 Å². The molecule has 1 heterocycles. The van der Waals surface area contributed by atoms with Crippen LogP contribution in [0.25, 0.3) is 11.1 Å². The van der Waals surface area contributed by atoms with Crippen LogP contribution in [0.15, 0.2) is 102 Å². The summed E-state index contributed by atoms with van der Waals surface area (Å²) in [5.41, 5.74) is 8.17. The Balaban J connectivity index is 1.23. The molecule has 1 aliphatic heterocycles. The predicted molar refractivity (Wildman–Crippen MR) is 197 cm³/mol. The van der Waals surface area contributed by atoms with Crippen LogP contribution in [0.5, 0.6) is 0 Å². The number of rotatable bonds is 16. The molecule has 0 spiro atoms. The molecule has 0 unspecified atom stereocenters. The third-order valence-corrected chi connectivity index (χ3v) is 9.79. The van der Waals surface area contributed by atoms with Crippen molar-refractivity contribution in [2.75, 3.05) is 11.1 Å². The van der Waals surface area contributed by atoms with Gasteiger partial charge in [0.25, 0.3) is 0 Å². The number of nitrogens with one attached hydrogen (secondary N) is 3. The second kappa shape index (κ2) is 19.2. The van der Waals surface area contributed by atoms with Crippen molar-refractivity contribution < 1.29 is 34.2 Å². The molecule has 0 aliphatic carbocycles. The maximum Gasteiger partial charge on any atom is 0.243 e. The van der Waals surface area contributed by atoms with E-state index in [0.717, 1.165) is 50.4 Å². The van der Waals surface area contributed by atoms with E-state index in [0.29, 0.717) is 38.0 Å². The summed E-state index contributed by atoms with van der Waals surface area (Å²) in [6, 6.07) is 31.7. The molecule has 5 N–H and O–H groups in total. The number of aliphatic hydroxyl groups is 1. The van der Waals surface area contributed by atoms with Crippen molar-refractivity contribution >= 4 is 35.2 Å². The lowest BCUT2D eigenvalue weighted by Crippen LogP contribution is -2.31. The normalized spacial score (nSPS) is 17.0. The average Bonchev–Trinajstić information content (AvgIpc) is 3.16. The molecule has 268 valence electrons. The van der Waals surface area contributed by atoms with E-state index in [2.05, 4.69) is 10.6 Å². The van der Waals surface area contributed by atoms with Gasteiger partial charge in [0, 0.05) is 54.6 Å². The number of aliphatic hydroxyl groups excluding tert-OH is 1. The molecule has 0 aromatic heterocycles. The van der Waals surface area contributed by atoms with Crippen molar-refractivity contribution in [1.82, 2.24) is 10.8 Å². The van der Waals surface area contributed by atoms with Gasteiger partial charge in [-0.2, -0.15) is 0 Å². The van der Waals surface area contributed by atoms with Crippen LogP contribution < -0.4 is 16.1 Å². The summed E-state index contributed by atoms with van der Waals surface area (Å²) in [5.74, 6) is 0.140. The zero-order chi connectivity index (χ0) is 36.0. The number of ether oxygens (including phenoxy) is 2. The number of amides is 3. The zero-order valence-electron chi connectivity index (χ0n) is 28.7. The number of hydroxylamine groups is 1. The molecule has 10 nitrogen and oxygen atoms in total. The molecular weight excluding hydrogens is 667 g/mol. The summed E-state index contributed by atoms with van der Waals surface area (Å²) in [4.78, 5) is 36.1. The van der Waals surface area contributed by atoms with E-state index in [1.54, 1.807) is 17.2 Å². The zero-order valence-corrected chi connectivity index (χ0v) is 29.5. The van der Waals surface area contributed by atoms with Gasteiger partial charge in [0.15, 0.2) is 6.29 Å². The molecule has 0 bridgehead atoms. The van der Waals surface area contributed by atoms with Crippen LogP contribution in [0.2, 0.25) is 0 Å². The van der Waals surface area contributed by atoms with Gasteiger partial charge < -0.3 is 25.2 Å². The Kier molecular flexibility index (Phi) is 14.2. The van der Waals surface area contributed by atoms with Crippen molar-refractivity contribution in [3.05, 3.63) is 119 Å². The number of carbonyl (C=O) groups is 3. The standard InChI is InChI=1S/C40H45N3O7S/c1-27(45)42-33-19-21-35(22-20-33)51-26-34-23-37(30-13-11-28(25-44)12-14-30)50-40(49-34)31-17-15-29(16-18-31)36-8-6-5-7-32(36)24-41-38(46)9-3-2-4-10-39(47)43-48/h5-8,11-22,34,37,40,44,48H,2-4,9-10,23-26H2,1H3,(H,41,46)(H,42,45)(H,43,47)/t34-,37+,40+/m1/s1. The molecule has 51 heavy (non-hydrogen) atoms. The van der Waals surface area contributed by atoms with Crippen LogP contribution in [0.1, 0.15) is 80.1 Å². The van der Waals surface area contributed by atoms with Crippen LogP contribution in [0.4, 0.5) is 5.69 Å². The van der Waals surface area contributed by atoms with Crippen molar-refractivity contribution in [3.8, 4) is 11.1 Å². The fourth-order valence-electron chi connectivity index (χ4n) is 5.91. The quantitative estimate of drug-likeness (QED) is 0.0355. The number of carbonyl (C=O) groups excluding carboxylic acids is 3. The molecular formula is C40H45N3O7S.